The number of hydrogen-bond acceptors (Lipinski definition) is 3. The lowest BCUT2D eigenvalue weighted by Crippen LogP contribution is -2.42. The van der Waals surface area contributed by atoms with Gasteiger partial charge in [0.15, 0.2) is 0 Å². The highest BCUT2D eigenvalue weighted by Crippen LogP contribution is 2.32. The molecule has 0 saturated carbocycles. The second kappa shape index (κ2) is 8.90. The molecule has 4 nitrogen and oxygen atoms in total. The first-order valence-electron chi connectivity index (χ1n) is 8.49. The molecule has 0 aliphatic heterocycles. The Kier molecular flexibility index (Phi) is 6.85. The fourth-order valence-corrected chi connectivity index (χ4v) is 2.72. The monoisotopic (exact) mass is 380 g/mol. The highest BCUT2D eigenvalue weighted by atomic mass is 19.4. The molecule has 27 heavy (non-hydrogen) atoms. The Balaban J connectivity index is 2.01. The molecule has 0 spiro atoms. The van der Waals surface area contributed by atoms with Crippen LogP contribution in [0.2, 0.25) is 0 Å². The lowest BCUT2D eigenvalue weighted by Gasteiger charge is -2.25. The molecular formula is C20H23F3N2O2. The number of hydrogen-bond donors (Lipinski definition) is 1. The van der Waals surface area contributed by atoms with E-state index in [0.29, 0.717) is 5.75 Å². The van der Waals surface area contributed by atoms with Gasteiger partial charge in [-0.2, -0.15) is 13.2 Å². The lowest BCUT2D eigenvalue weighted by atomic mass is 10.1. The van der Waals surface area contributed by atoms with Crippen molar-refractivity contribution in [2.45, 2.75) is 32.2 Å². The standard InChI is InChI=1S/C20H23F3N2O2/c1-14(19(26)24-12-15-8-5-7-11-18(15)27-3)25(2)13-16-9-4-6-10-17(16)20(21,22)23/h4-11,14H,12-13H2,1-3H3,(H,24,26). The summed E-state index contributed by atoms with van der Waals surface area (Å²) in [6, 6.07) is 12.1. The lowest BCUT2D eigenvalue weighted by molar-refractivity contribution is -0.138. The van der Waals surface area contributed by atoms with E-state index >= 15 is 0 Å². The largest absolute Gasteiger partial charge is 0.496 e. The average molecular weight is 380 g/mol. The van der Waals surface area contributed by atoms with E-state index in [4.69, 9.17) is 4.74 Å². The van der Waals surface area contributed by atoms with Gasteiger partial charge in [0.05, 0.1) is 18.7 Å². The number of methoxy groups -OCH3 is 1. The number of benzene rings is 2. The molecule has 1 unspecified atom stereocenters. The Morgan fingerprint density at radius 1 is 1.11 bits per heavy atom. The molecule has 0 aliphatic carbocycles. The van der Waals surface area contributed by atoms with Gasteiger partial charge in [-0.15, -0.1) is 0 Å². The number of likely N-dealkylation sites (N-methyl/N-ethyl adjacent to an activating group) is 1. The summed E-state index contributed by atoms with van der Waals surface area (Å²) in [5.41, 5.74) is 0.279. The number of ether oxygens (including phenoxy) is 1. The minimum Gasteiger partial charge on any atom is -0.496 e. The van der Waals surface area contributed by atoms with E-state index in [1.807, 2.05) is 18.2 Å². The molecule has 0 heterocycles. The molecule has 1 atom stereocenters. The van der Waals surface area contributed by atoms with Gasteiger partial charge >= 0.3 is 6.18 Å². The maximum absolute atomic E-state index is 13.1. The highest BCUT2D eigenvalue weighted by molar-refractivity contribution is 5.81. The fraction of sp³-hybridized carbons (Fsp3) is 0.350. The molecule has 1 N–H and O–H groups in total. The van der Waals surface area contributed by atoms with Gasteiger partial charge in [0.1, 0.15) is 5.75 Å². The van der Waals surface area contributed by atoms with Crippen LogP contribution < -0.4 is 10.1 Å². The van der Waals surface area contributed by atoms with Crippen molar-refractivity contribution in [1.82, 2.24) is 10.2 Å². The predicted octanol–water partition coefficient (Wildman–Crippen LogP) is 3.85. The summed E-state index contributed by atoms with van der Waals surface area (Å²) in [6.45, 7) is 1.95. The molecule has 2 aromatic rings. The van der Waals surface area contributed by atoms with E-state index in [1.54, 1.807) is 38.1 Å². The van der Waals surface area contributed by atoms with Crippen molar-refractivity contribution in [1.29, 1.82) is 0 Å². The zero-order valence-corrected chi connectivity index (χ0v) is 15.5. The first kappa shape index (κ1) is 20.8. The number of nitrogens with zero attached hydrogens (tertiary/aromatic N) is 1. The van der Waals surface area contributed by atoms with Crippen molar-refractivity contribution in [3.8, 4) is 5.75 Å². The zero-order chi connectivity index (χ0) is 20.0. The molecule has 0 fully saturated rings. The van der Waals surface area contributed by atoms with Gasteiger partial charge < -0.3 is 10.1 Å². The Morgan fingerprint density at radius 2 is 1.70 bits per heavy atom. The number of nitrogens with one attached hydrogen (secondary N) is 1. The summed E-state index contributed by atoms with van der Waals surface area (Å²) < 4.78 is 44.6. The first-order chi connectivity index (χ1) is 12.7. The second-order valence-corrected chi connectivity index (χ2v) is 6.28. The fourth-order valence-electron chi connectivity index (χ4n) is 2.72. The zero-order valence-electron chi connectivity index (χ0n) is 15.5. The molecule has 146 valence electrons. The molecule has 0 aliphatic rings. The minimum absolute atomic E-state index is 0.0128. The van der Waals surface area contributed by atoms with Crippen molar-refractivity contribution >= 4 is 5.91 Å². The minimum atomic E-state index is -4.42. The van der Waals surface area contributed by atoms with Gasteiger partial charge in [-0.25, -0.2) is 0 Å². The van der Waals surface area contributed by atoms with Crippen LogP contribution in [-0.2, 0) is 24.1 Å². The van der Waals surface area contributed by atoms with Gasteiger partial charge in [0.25, 0.3) is 0 Å². The Morgan fingerprint density at radius 3 is 2.33 bits per heavy atom. The topological polar surface area (TPSA) is 41.6 Å². The van der Waals surface area contributed by atoms with Crippen LogP contribution in [0.15, 0.2) is 48.5 Å². The van der Waals surface area contributed by atoms with Crippen molar-refractivity contribution in [3.63, 3.8) is 0 Å². The molecular weight excluding hydrogens is 357 g/mol. The number of para-hydroxylation sites is 1. The van der Waals surface area contributed by atoms with E-state index in [0.717, 1.165) is 11.6 Å². The Labute approximate surface area is 156 Å². The van der Waals surface area contributed by atoms with Crippen LogP contribution >= 0.6 is 0 Å². The molecule has 2 rings (SSSR count). The van der Waals surface area contributed by atoms with E-state index in [9.17, 15) is 18.0 Å². The van der Waals surface area contributed by atoms with Crippen LogP contribution in [-0.4, -0.2) is 31.0 Å². The number of alkyl halides is 3. The van der Waals surface area contributed by atoms with Gasteiger partial charge in [0.2, 0.25) is 5.91 Å². The molecule has 1 amide bonds. The Hall–Kier alpha value is -2.54. The number of halogens is 3. The summed E-state index contributed by atoms with van der Waals surface area (Å²) in [7, 11) is 3.18. The van der Waals surface area contributed by atoms with Gasteiger partial charge in [-0.1, -0.05) is 36.4 Å². The highest BCUT2D eigenvalue weighted by Gasteiger charge is 2.33. The predicted molar refractivity (Wildman–Crippen MR) is 97.2 cm³/mol. The van der Waals surface area contributed by atoms with E-state index in [2.05, 4.69) is 5.32 Å². The third-order valence-corrected chi connectivity index (χ3v) is 4.43. The number of rotatable bonds is 7. The normalized spacial score (nSPS) is 12.7. The summed E-state index contributed by atoms with van der Waals surface area (Å²) >= 11 is 0. The van der Waals surface area contributed by atoms with E-state index in [1.165, 1.54) is 12.1 Å². The second-order valence-electron chi connectivity index (χ2n) is 6.28. The number of amides is 1. The molecule has 0 radical (unpaired) electrons. The van der Waals surface area contributed by atoms with Crippen LogP contribution in [0, 0.1) is 0 Å². The van der Waals surface area contributed by atoms with Gasteiger partial charge in [-0.3, -0.25) is 9.69 Å². The smallest absolute Gasteiger partial charge is 0.416 e. The first-order valence-corrected chi connectivity index (χ1v) is 8.49. The summed E-state index contributed by atoms with van der Waals surface area (Å²) in [4.78, 5) is 14.0. The summed E-state index contributed by atoms with van der Waals surface area (Å²) in [5, 5.41) is 2.80. The maximum atomic E-state index is 13.1. The van der Waals surface area contributed by atoms with Crippen LogP contribution in [0.4, 0.5) is 13.2 Å². The molecule has 0 bridgehead atoms. The number of carbonyl (C=O) groups excluding carboxylic acids is 1. The number of carbonyl (C=O) groups is 1. The third-order valence-electron chi connectivity index (χ3n) is 4.43. The van der Waals surface area contributed by atoms with Crippen LogP contribution in [0.5, 0.6) is 5.75 Å². The molecule has 2 aromatic carbocycles. The maximum Gasteiger partial charge on any atom is 0.416 e. The quantitative estimate of drug-likeness (QED) is 0.793. The van der Waals surface area contributed by atoms with E-state index in [-0.39, 0.29) is 24.6 Å². The van der Waals surface area contributed by atoms with Crippen LogP contribution in [0.1, 0.15) is 23.6 Å². The molecule has 0 saturated heterocycles. The molecule has 0 aromatic heterocycles. The molecule has 7 heteroatoms. The van der Waals surface area contributed by atoms with Crippen molar-refractivity contribution in [2.75, 3.05) is 14.2 Å². The van der Waals surface area contributed by atoms with Crippen LogP contribution in [0.25, 0.3) is 0 Å². The average Bonchev–Trinajstić information content (AvgIpc) is 2.65. The van der Waals surface area contributed by atoms with Crippen molar-refractivity contribution in [2.24, 2.45) is 0 Å². The SMILES string of the molecule is COc1ccccc1CNC(=O)C(C)N(C)Cc1ccccc1C(F)(F)F. The van der Waals surface area contributed by atoms with E-state index < -0.39 is 17.8 Å². The summed E-state index contributed by atoms with van der Waals surface area (Å²) in [6.07, 6.45) is -4.42. The van der Waals surface area contributed by atoms with Crippen molar-refractivity contribution in [3.05, 3.63) is 65.2 Å². The summed E-state index contributed by atoms with van der Waals surface area (Å²) in [5.74, 6) is 0.394. The van der Waals surface area contributed by atoms with Crippen LogP contribution in [0.3, 0.4) is 0 Å². The van der Waals surface area contributed by atoms with Gasteiger partial charge in [-0.05, 0) is 31.7 Å². The van der Waals surface area contributed by atoms with Crippen molar-refractivity contribution < 1.29 is 22.7 Å². The van der Waals surface area contributed by atoms with Gasteiger partial charge in [0, 0.05) is 18.7 Å². The Bertz CT molecular complexity index is 778. The third kappa shape index (κ3) is 5.47.